The first-order valence-corrected chi connectivity index (χ1v) is 10.6. The van der Waals surface area contributed by atoms with Gasteiger partial charge in [0.15, 0.2) is 16.6 Å². The Bertz CT molecular complexity index is 1280. The zero-order valence-corrected chi connectivity index (χ0v) is 17.8. The van der Waals surface area contributed by atoms with Crippen LogP contribution in [0.2, 0.25) is 0 Å². The molecule has 1 amide bonds. The number of hydrogen-bond acceptors (Lipinski definition) is 5. The van der Waals surface area contributed by atoms with Gasteiger partial charge < -0.3 is 8.98 Å². The average molecular weight is 430 g/mol. The van der Waals surface area contributed by atoms with Gasteiger partial charge in [-0.15, -0.1) is 0 Å². The van der Waals surface area contributed by atoms with Crippen LogP contribution in [0.4, 0.5) is 0 Å². The molecule has 0 fully saturated rings. The maximum Gasteiger partial charge on any atom is 0.283 e. The van der Waals surface area contributed by atoms with E-state index < -0.39 is 5.91 Å². The number of hydrogen-bond donors (Lipinski definition) is 1. The Kier molecular flexibility index (Phi) is 4.71. The van der Waals surface area contributed by atoms with E-state index in [4.69, 9.17) is 9.83 Å². The molecule has 31 heavy (non-hydrogen) atoms. The van der Waals surface area contributed by atoms with Gasteiger partial charge in [0.2, 0.25) is 5.17 Å². The third-order valence-electron chi connectivity index (χ3n) is 5.28. The lowest BCUT2D eigenvalue weighted by Gasteiger charge is -2.20. The van der Waals surface area contributed by atoms with Gasteiger partial charge in [0.1, 0.15) is 0 Å². The number of aryl methyl sites for hydroxylation is 1. The number of carbonyl (C=O) groups excluding carboxylic acids is 1. The highest BCUT2D eigenvalue weighted by Gasteiger charge is 2.36. The summed E-state index contributed by atoms with van der Waals surface area (Å²) in [4.78, 5) is 16.9. The van der Waals surface area contributed by atoms with Crippen LogP contribution in [0.5, 0.6) is 0 Å². The van der Waals surface area contributed by atoms with E-state index in [0.29, 0.717) is 16.0 Å². The van der Waals surface area contributed by atoms with Crippen molar-refractivity contribution in [3.05, 3.63) is 88.6 Å². The van der Waals surface area contributed by atoms with E-state index >= 15 is 0 Å². The summed E-state index contributed by atoms with van der Waals surface area (Å²) in [7, 11) is 0. The largest absolute Gasteiger partial charge is 0.462 e. The highest BCUT2D eigenvalue weighted by Crippen LogP contribution is 2.31. The number of fused-ring (bicyclic) bond motifs is 1. The summed E-state index contributed by atoms with van der Waals surface area (Å²) in [5.41, 5.74) is 4.42. The van der Waals surface area contributed by atoms with Crippen molar-refractivity contribution in [1.29, 1.82) is 5.41 Å². The molecule has 0 radical (unpaired) electrons. The summed E-state index contributed by atoms with van der Waals surface area (Å²) in [6.07, 6.45) is 3.30. The minimum absolute atomic E-state index is 0.0110. The van der Waals surface area contributed by atoms with E-state index in [1.165, 1.54) is 22.3 Å². The van der Waals surface area contributed by atoms with Gasteiger partial charge in [-0.05, 0) is 61.0 Å². The van der Waals surface area contributed by atoms with Crippen molar-refractivity contribution in [3.8, 4) is 0 Å². The molecule has 8 heteroatoms. The van der Waals surface area contributed by atoms with Crippen LogP contribution in [-0.4, -0.2) is 31.5 Å². The van der Waals surface area contributed by atoms with Crippen LogP contribution in [0, 0.1) is 19.3 Å². The molecule has 154 valence electrons. The Morgan fingerprint density at radius 3 is 2.71 bits per heavy atom. The van der Waals surface area contributed by atoms with Gasteiger partial charge in [0.25, 0.3) is 5.91 Å². The first kappa shape index (κ1) is 19.3. The van der Waals surface area contributed by atoms with Crippen LogP contribution < -0.4 is 0 Å². The summed E-state index contributed by atoms with van der Waals surface area (Å²) in [5, 5.41) is 15.3. The molecule has 2 aliphatic rings. The molecule has 0 spiro atoms. The Labute approximate surface area is 183 Å². The van der Waals surface area contributed by atoms with E-state index in [1.807, 2.05) is 38.1 Å². The van der Waals surface area contributed by atoms with Crippen molar-refractivity contribution in [3.63, 3.8) is 0 Å². The zero-order valence-electron chi connectivity index (χ0n) is 17.0. The summed E-state index contributed by atoms with van der Waals surface area (Å²) in [6, 6.07) is 15.8. The zero-order chi connectivity index (χ0) is 21.5. The Morgan fingerprint density at radius 2 is 1.97 bits per heavy atom. The lowest BCUT2D eigenvalue weighted by atomic mass is 10.1. The Morgan fingerprint density at radius 1 is 1.16 bits per heavy atom. The standard InChI is InChI=1S/C23H19N5O2S/c1-14-11-17(15(2)27(14)13-16-7-4-3-5-8-16)12-18-20(24)28-23(25-21(18)29)31-22(26-28)19-9-6-10-30-19/h3-12,24H,13H2,1-2H3. The molecule has 1 aromatic carbocycles. The van der Waals surface area contributed by atoms with Crippen LogP contribution in [-0.2, 0) is 11.3 Å². The third kappa shape index (κ3) is 3.44. The van der Waals surface area contributed by atoms with Crippen molar-refractivity contribution in [2.45, 2.75) is 20.4 Å². The van der Waals surface area contributed by atoms with Crippen molar-refractivity contribution in [1.82, 2.24) is 9.58 Å². The van der Waals surface area contributed by atoms with E-state index in [1.54, 1.807) is 24.5 Å². The Balaban J connectivity index is 1.47. The lowest BCUT2D eigenvalue weighted by Crippen LogP contribution is -2.35. The first-order valence-electron chi connectivity index (χ1n) is 9.76. The quantitative estimate of drug-likeness (QED) is 0.622. The van der Waals surface area contributed by atoms with Gasteiger partial charge in [0, 0.05) is 17.9 Å². The maximum absolute atomic E-state index is 12.7. The van der Waals surface area contributed by atoms with Gasteiger partial charge in [0.05, 0.1) is 11.8 Å². The minimum atomic E-state index is -0.437. The molecule has 0 saturated carbocycles. The van der Waals surface area contributed by atoms with Crippen molar-refractivity contribution in [2.24, 2.45) is 10.1 Å². The van der Waals surface area contributed by atoms with E-state index in [9.17, 15) is 4.79 Å². The number of aromatic nitrogens is 1. The number of nitrogens with zero attached hydrogens (tertiary/aromatic N) is 4. The van der Waals surface area contributed by atoms with E-state index in [2.05, 4.69) is 26.8 Å². The number of amides is 1. The first-order chi connectivity index (χ1) is 15.0. The number of furan rings is 1. The van der Waals surface area contributed by atoms with Crippen molar-refractivity contribution in [2.75, 3.05) is 0 Å². The minimum Gasteiger partial charge on any atom is -0.462 e. The predicted octanol–water partition coefficient (Wildman–Crippen LogP) is 4.41. The monoisotopic (exact) mass is 429 g/mol. The molecule has 0 aliphatic carbocycles. The number of aliphatic imine (C=N–C) groups is 1. The fourth-order valence-corrected chi connectivity index (χ4v) is 4.49. The smallest absolute Gasteiger partial charge is 0.283 e. The molecule has 0 saturated heterocycles. The fourth-order valence-electron chi connectivity index (χ4n) is 3.63. The highest BCUT2D eigenvalue weighted by molar-refractivity contribution is 8.27. The number of carbonyl (C=O) groups is 1. The number of amidine groups is 2. The van der Waals surface area contributed by atoms with E-state index in [-0.39, 0.29) is 11.4 Å². The summed E-state index contributed by atoms with van der Waals surface area (Å²) in [6.45, 7) is 4.81. The summed E-state index contributed by atoms with van der Waals surface area (Å²) < 4.78 is 7.58. The van der Waals surface area contributed by atoms with E-state index in [0.717, 1.165) is 23.5 Å². The third-order valence-corrected chi connectivity index (χ3v) is 6.21. The molecule has 3 aromatic rings. The molecule has 0 bridgehead atoms. The maximum atomic E-state index is 12.7. The summed E-state index contributed by atoms with van der Waals surface area (Å²) in [5.74, 6) is 0.154. The van der Waals surface area contributed by atoms with Crippen LogP contribution >= 0.6 is 11.8 Å². The average Bonchev–Trinajstić information content (AvgIpc) is 3.48. The number of nitrogens with one attached hydrogen (secondary N) is 1. The van der Waals surface area contributed by atoms with Crippen LogP contribution in [0.3, 0.4) is 0 Å². The van der Waals surface area contributed by atoms with Crippen molar-refractivity contribution < 1.29 is 9.21 Å². The second-order valence-corrected chi connectivity index (χ2v) is 8.26. The molecular formula is C23H19N5O2S. The van der Waals surface area contributed by atoms with Crippen LogP contribution in [0.1, 0.15) is 28.3 Å². The second-order valence-electron chi connectivity index (χ2n) is 7.30. The van der Waals surface area contributed by atoms with Crippen LogP contribution in [0.15, 0.2) is 74.9 Å². The molecule has 4 heterocycles. The molecule has 2 aromatic heterocycles. The fraction of sp³-hybridized carbons (Fsp3) is 0.130. The normalized spacial score (nSPS) is 17.2. The van der Waals surface area contributed by atoms with Crippen LogP contribution in [0.25, 0.3) is 6.08 Å². The van der Waals surface area contributed by atoms with Gasteiger partial charge in [-0.2, -0.15) is 15.1 Å². The molecule has 5 rings (SSSR count). The predicted molar refractivity (Wildman–Crippen MR) is 122 cm³/mol. The second kappa shape index (κ2) is 7.55. The molecular weight excluding hydrogens is 410 g/mol. The summed E-state index contributed by atoms with van der Waals surface area (Å²) >= 11 is 1.22. The number of hydrazone groups is 1. The van der Waals surface area contributed by atoms with Gasteiger partial charge in [-0.1, -0.05) is 30.3 Å². The highest BCUT2D eigenvalue weighted by atomic mass is 32.2. The molecule has 7 nitrogen and oxygen atoms in total. The van der Waals surface area contributed by atoms with Gasteiger partial charge in [-0.25, -0.2) is 0 Å². The van der Waals surface area contributed by atoms with Gasteiger partial charge in [-0.3, -0.25) is 10.2 Å². The SMILES string of the molecule is Cc1cc(C=C2C(=N)N3N=C(c4ccco4)SC3=NC2=O)c(C)n1Cc1ccccc1. The topological polar surface area (TPSA) is 87.0 Å². The Hall–Kier alpha value is -3.65. The molecule has 2 aliphatic heterocycles. The van der Waals surface area contributed by atoms with Gasteiger partial charge >= 0.3 is 0 Å². The molecule has 0 atom stereocenters. The number of rotatable bonds is 4. The van der Waals surface area contributed by atoms with Crippen molar-refractivity contribution >= 4 is 39.8 Å². The number of benzene rings is 1. The molecule has 1 N–H and O–H groups in total. The molecule has 0 unspecified atom stereocenters. The number of thioether (sulfide) groups is 1. The lowest BCUT2D eigenvalue weighted by molar-refractivity contribution is -0.114.